The molecule has 2 atom stereocenters. The normalized spacial score (nSPS) is 14.2. The van der Waals surface area contributed by atoms with E-state index in [4.69, 9.17) is 0 Å². The lowest BCUT2D eigenvalue weighted by molar-refractivity contribution is 0.145. The summed E-state index contributed by atoms with van der Waals surface area (Å²) < 4.78 is 38.6. The zero-order valence-corrected chi connectivity index (χ0v) is 17.2. The largest absolute Gasteiger partial charge is 0.378 e. The summed E-state index contributed by atoms with van der Waals surface area (Å²) in [5.41, 5.74) is 0.691. The highest BCUT2D eigenvalue weighted by Gasteiger charge is 2.17. The minimum atomic E-state index is -3.57. The minimum Gasteiger partial charge on any atom is -0.378 e. The Morgan fingerprint density at radius 3 is 2.37 bits per heavy atom. The van der Waals surface area contributed by atoms with E-state index in [-0.39, 0.29) is 18.5 Å². The Hall–Kier alpha value is -1.02. The summed E-state index contributed by atoms with van der Waals surface area (Å²) in [7, 11) is -3.57. The summed E-state index contributed by atoms with van der Waals surface area (Å²) in [6, 6.07) is 9.17. The first-order chi connectivity index (χ1) is 13.0. The van der Waals surface area contributed by atoms with Crippen LogP contribution in [-0.4, -0.2) is 39.0 Å². The van der Waals surface area contributed by atoms with Crippen LogP contribution in [0.5, 0.6) is 0 Å². The van der Waals surface area contributed by atoms with Gasteiger partial charge in [-0.15, -0.1) is 0 Å². The van der Waals surface area contributed by atoms with E-state index in [2.05, 4.69) is 17.0 Å². The molecule has 0 amide bonds. The van der Waals surface area contributed by atoms with Crippen LogP contribution in [0.4, 0.5) is 4.39 Å². The molecule has 7 heteroatoms. The molecule has 0 aliphatic carbocycles. The molecule has 0 saturated heterocycles. The van der Waals surface area contributed by atoms with Crippen molar-refractivity contribution in [3.63, 3.8) is 0 Å². The van der Waals surface area contributed by atoms with Crippen molar-refractivity contribution in [1.82, 2.24) is 10.0 Å². The first-order valence-corrected chi connectivity index (χ1v) is 11.6. The maximum atomic E-state index is 12.1. The van der Waals surface area contributed by atoms with E-state index < -0.39 is 16.3 Å². The van der Waals surface area contributed by atoms with Crippen LogP contribution in [0, 0.1) is 0 Å². The van der Waals surface area contributed by atoms with Gasteiger partial charge in [0, 0.05) is 6.04 Å². The van der Waals surface area contributed by atoms with Crippen LogP contribution < -0.4 is 10.0 Å². The lowest BCUT2D eigenvalue weighted by Crippen LogP contribution is -2.37. The second-order valence-electron chi connectivity index (χ2n) is 6.97. The Bertz CT molecular complexity index is 584. The third-order valence-corrected chi connectivity index (χ3v) is 5.88. The zero-order valence-electron chi connectivity index (χ0n) is 16.4. The third kappa shape index (κ3) is 12.1. The number of hydrogen-bond acceptors (Lipinski definition) is 4. The van der Waals surface area contributed by atoms with E-state index in [1.807, 2.05) is 6.07 Å². The molecule has 0 aromatic heterocycles. The van der Waals surface area contributed by atoms with E-state index in [1.165, 1.54) is 0 Å². The molecule has 0 fully saturated rings. The van der Waals surface area contributed by atoms with Crippen molar-refractivity contribution in [2.45, 2.75) is 76.3 Å². The quantitative estimate of drug-likeness (QED) is 0.292. The van der Waals surface area contributed by atoms with Crippen molar-refractivity contribution in [3.05, 3.63) is 35.9 Å². The highest BCUT2D eigenvalue weighted by molar-refractivity contribution is 7.88. The Labute approximate surface area is 163 Å². The lowest BCUT2D eigenvalue weighted by atomic mass is 10.1. The fourth-order valence-electron chi connectivity index (χ4n) is 2.97. The Morgan fingerprint density at radius 1 is 1.04 bits per heavy atom. The smallest absolute Gasteiger partial charge is 0.217 e. The van der Waals surface area contributed by atoms with Crippen molar-refractivity contribution in [1.29, 1.82) is 0 Å². The van der Waals surface area contributed by atoms with E-state index >= 15 is 0 Å². The van der Waals surface area contributed by atoms with E-state index in [0.717, 1.165) is 38.6 Å². The Morgan fingerprint density at radius 2 is 1.70 bits per heavy atom. The number of halogens is 1. The predicted molar refractivity (Wildman–Crippen MR) is 109 cm³/mol. The van der Waals surface area contributed by atoms with Crippen molar-refractivity contribution >= 4 is 10.0 Å². The van der Waals surface area contributed by atoms with Crippen LogP contribution in [0.3, 0.4) is 0 Å². The summed E-state index contributed by atoms with van der Waals surface area (Å²) >= 11 is 0. The number of unbranched alkanes of at least 4 members (excludes halogenated alkanes) is 4. The number of aliphatic hydroxyl groups is 1. The van der Waals surface area contributed by atoms with Gasteiger partial charge in [0.1, 0.15) is 6.23 Å². The molecule has 2 unspecified atom stereocenters. The predicted octanol–water partition coefficient (Wildman–Crippen LogP) is 3.49. The van der Waals surface area contributed by atoms with Gasteiger partial charge in [0.25, 0.3) is 0 Å². The number of rotatable bonds is 16. The molecule has 0 radical (unpaired) electrons. The van der Waals surface area contributed by atoms with Crippen LogP contribution in [0.1, 0.15) is 63.9 Å². The fraction of sp³-hybridized carbons (Fsp3) is 0.700. The highest BCUT2D eigenvalue weighted by Crippen LogP contribution is 2.09. The maximum absolute atomic E-state index is 12.1. The Kier molecular flexibility index (Phi) is 12.5. The van der Waals surface area contributed by atoms with Crippen LogP contribution in [-0.2, 0) is 15.8 Å². The van der Waals surface area contributed by atoms with Gasteiger partial charge in [0.05, 0.1) is 12.4 Å². The average molecular weight is 403 g/mol. The van der Waals surface area contributed by atoms with Gasteiger partial charge < -0.3 is 10.4 Å². The molecule has 27 heavy (non-hydrogen) atoms. The van der Waals surface area contributed by atoms with Gasteiger partial charge in [-0.1, -0.05) is 56.5 Å². The molecule has 1 aromatic carbocycles. The van der Waals surface area contributed by atoms with Crippen molar-refractivity contribution < 1.29 is 17.9 Å². The molecular formula is C20H35FN2O3S. The summed E-state index contributed by atoms with van der Waals surface area (Å²) in [5.74, 6) is -0.136. The average Bonchev–Trinajstić information content (AvgIpc) is 2.63. The molecule has 0 spiro atoms. The van der Waals surface area contributed by atoms with Crippen LogP contribution in [0.25, 0.3) is 0 Å². The third-order valence-electron chi connectivity index (χ3n) is 4.54. The second-order valence-corrected chi connectivity index (χ2v) is 8.73. The lowest BCUT2D eigenvalue weighted by Gasteiger charge is -2.19. The van der Waals surface area contributed by atoms with Crippen molar-refractivity contribution in [2.24, 2.45) is 0 Å². The van der Waals surface area contributed by atoms with Gasteiger partial charge >= 0.3 is 0 Å². The van der Waals surface area contributed by atoms with Gasteiger partial charge in [-0.3, -0.25) is 4.39 Å². The number of benzene rings is 1. The van der Waals surface area contributed by atoms with Gasteiger partial charge in [-0.05, 0) is 44.2 Å². The van der Waals surface area contributed by atoms with E-state index in [1.54, 1.807) is 24.3 Å². The second kappa shape index (κ2) is 14.0. The van der Waals surface area contributed by atoms with Crippen molar-refractivity contribution in [3.8, 4) is 0 Å². The number of aliphatic hydroxyl groups excluding tert-OH is 1. The summed E-state index contributed by atoms with van der Waals surface area (Å²) in [5, 5.41) is 13.5. The molecule has 0 saturated carbocycles. The van der Waals surface area contributed by atoms with Crippen LogP contribution in [0.15, 0.2) is 30.3 Å². The van der Waals surface area contributed by atoms with Crippen molar-refractivity contribution in [2.75, 3.05) is 13.2 Å². The summed E-state index contributed by atoms with van der Waals surface area (Å²) in [6.07, 6.45) is 5.72. The SMILES string of the molecule is CCC(CCC(O)NS(=O)(=O)Cc1ccccc1)NCCCCCCCF. The molecule has 1 aromatic rings. The van der Waals surface area contributed by atoms with Gasteiger partial charge in [0.15, 0.2) is 0 Å². The molecule has 156 valence electrons. The fourth-order valence-corrected chi connectivity index (χ4v) is 4.21. The highest BCUT2D eigenvalue weighted by atomic mass is 32.2. The maximum Gasteiger partial charge on any atom is 0.217 e. The topological polar surface area (TPSA) is 78.4 Å². The zero-order chi connectivity index (χ0) is 20.0. The molecule has 1 rings (SSSR count). The number of sulfonamides is 1. The molecule has 3 N–H and O–H groups in total. The molecule has 5 nitrogen and oxygen atoms in total. The number of nitrogens with one attached hydrogen (secondary N) is 2. The molecule has 0 heterocycles. The molecule has 0 bridgehead atoms. The first-order valence-electron chi connectivity index (χ1n) is 9.98. The standard InChI is InChI=1S/C20H35FN2O3S/c1-2-19(22-16-10-5-3-4-9-15-21)13-14-20(24)23-27(25,26)17-18-11-7-6-8-12-18/h6-8,11-12,19-20,22-24H,2-5,9-10,13-17H2,1H3. The minimum absolute atomic E-state index is 0.136. The van der Waals surface area contributed by atoms with Crippen LogP contribution >= 0.6 is 0 Å². The number of alkyl halides is 1. The van der Waals surface area contributed by atoms with E-state index in [9.17, 15) is 17.9 Å². The molecule has 0 aliphatic heterocycles. The van der Waals surface area contributed by atoms with Gasteiger partial charge in [0.2, 0.25) is 10.0 Å². The summed E-state index contributed by atoms with van der Waals surface area (Å²) in [4.78, 5) is 0. The number of hydrogen-bond donors (Lipinski definition) is 3. The van der Waals surface area contributed by atoms with Crippen LogP contribution in [0.2, 0.25) is 0 Å². The van der Waals surface area contributed by atoms with Gasteiger partial charge in [-0.25, -0.2) is 8.42 Å². The summed E-state index contributed by atoms with van der Waals surface area (Å²) in [6.45, 7) is 2.74. The molecule has 0 aliphatic rings. The van der Waals surface area contributed by atoms with Gasteiger partial charge in [-0.2, -0.15) is 4.72 Å². The first kappa shape index (κ1) is 24.0. The molecular weight excluding hydrogens is 367 g/mol. The monoisotopic (exact) mass is 402 g/mol. The van der Waals surface area contributed by atoms with E-state index in [0.29, 0.717) is 24.8 Å². The Balaban J connectivity index is 2.23.